The van der Waals surface area contributed by atoms with Gasteiger partial charge in [0.1, 0.15) is 11.9 Å². The Morgan fingerprint density at radius 3 is 2.41 bits per heavy atom. The highest BCUT2D eigenvalue weighted by Crippen LogP contribution is 2.29. The summed E-state index contributed by atoms with van der Waals surface area (Å²) in [6.07, 6.45) is 0. The lowest BCUT2D eigenvalue weighted by Gasteiger charge is -2.13. The molecule has 0 atom stereocenters. The summed E-state index contributed by atoms with van der Waals surface area (Å²) in [6, 6.07) is 18.4. The van der Waals surface area contributed by atoms with Gasteiger partial charge in [0.15, 0.2) is 6.61 Å². The second-order valence-electron chi connectivity index (χ2n) is 6.32. The van der Waals surface area contributed by atoms with E-state index in [2.05, 4.69) is 27.3 Å². The Kier molecular flexibility index (Phi) is 6.15. The minimum Gasteiger partial charge on any atom is -0.452 e. The first-order valence-corrected chi connectivity index (χ1v) is 9.62. The lowest BCUT2D eigenvalue weighted by molar-refractivity contribution is -0.119. The number of esters is 1. The number of nitriles is 1. The molecule has 0 saturated carbocycles. The highest BCUT2D eigenvalue weighted by Gasteiger charge is 2.21. The molecule has 0 aliphatic carbocycles. The number of anilines is 1. The number of aromatic nitrogens is 1. The molecule has 0 aliphatic heterocycles. The largest absolute Gasteiger partial charge is 0.452 e. The van der Waals surface area contributed by atoms with Crippen LogP contribution < -0.4 is 5.32 Å². The molecule has 146 valence electrons. The molecule has 0 aliphatic rings. The van der Waals surface area contributed by atoms with Crippen LogP contribution in [0.5, 0.6) is 0 Å². The summed E-state index contributed by atoms with van der Waals surface area (Å²) in [6.45, 7) is 3.24. The van der Waals surface area contributed by atoms with Crippen molar-refractivity contribution in [3.63, 3.8) is 0 Å². The Balaban J connectivity index is 1.82. The molecule has 0 bridgehead atoms. The van der Waals surface area contributed by atoms with Gasteiger partial charge in [-0.25, -0.2) is 4.79 Å². The fourth-order valence-corrected chi connectivity index (χ4v) is 3.41. The van der Waals surface area contributed by atoms with E-state index in [0.29, 0.717) is 21.4 Å². The number of hydrogen-bond donors (Lipinski definition) is 1. The Morgan fingerprint density at radius 1 is 1.10 bits per heavy atom. The van der Waals surface area contributed by atoms with Crippen molar-refractivity contribution < 1.29 is 14.3 Å². The molecule has 0 unspecified atom stereocenters. The number of nitrogens with one attached hydrogen (secondary N) is 1. The summed E-state index contributed by atoms with van der Waals surface area (Å²) in [7, 11) is 0. The van der Waals surface area contributed by atoms with Gasteiger partial charge in [0.05, 0.1) is 11.1 Å². The van der Waals surface area contributed by atoms with Crippen molar-refractivity contribution >= 4 is 33.6 Å². The summed E-state index contributed by atoms with van der Waals surface area (Å²) < 4.78 is 7.52. The molecule has 0 radical (unpaired) electrons. The SMILES string of the molecule is Cc1c(C#N)c(NC(=O)COC(=O)c2ccccc2Br)n(-c2ccccc2)c1C. The van der Waals surface area contributed by atoms with Crippen LogP contribution >= 0.6 is 15.9 Å². The molecular formula is C22H18BrN3O3. The molecule has 0 fully saturated rings. The minimum atomic E-state index is -0.612. The predicted octanol–water partition coefficient (Wildman–Crippen LogP) is 4.52. The Hall–Kier alpha value is -3.37. The van der Waals surface area contributed by atoms with Crippen molar-refractivity contribution in [2.24, 2.45) is 0 Å². The number of benzene rings is 2. The average molecular weight is 452 g/mol. The maximum absolute atomic E-state index is 12.5. The molecule has 3 aromatic rings. The smallest absolute Gasteiger partial charge is 0.339 e. The van der Waals surface area contributed by atoms with Crippen LogP contribution in [0.25, 0.3) is 5.69 Å². The van der Waals surface area contributed by atoms with Crippen LogP contribution in [0.2, 0.25) is 0 Å². The topological polar surface area (TPSA) is 84.1 Å². The number of rotatable bonds is 5. The summed E-state index contributed by atoms with van der Waals surface area (Å²) in [4.78, 5) is 24.7. The van der Waals surface area contributed by atoms with E-state index < -0.39 is 18.5 Å². The van der Waals surface area contributed by atoms with Crippen molar-refractivity contribution in [1.82, 2.24) is 4.57 Å². The molecule has 0 spiro atoms. The maximum Gasteiger partial charge on any atom is 0.339 e. The van der Waals surface area contributed by atoms with Crippen LogP contribution in [-0.4, -0.2) is 23.1 Å². The summed E-state index contributed by atoms with van der Waals surface area (Å²) in [5, 5.41) is 12.3. The molecule has 7 heteroatoms. The van der Waals surface area contributed by atoms with Crippen LogP contribution in [0.3, 0.4) is 0 Å². The number of ether oxygens (including phenoxy) is 1. The van der Waals surface area contributed by atoms with E-state index in [9.17, 15) is 14.9 Å². The van der Waals surface area contributed by atoms with Gasteiger partial charge in [-0.15, -0.1) is 0 Å². The first-order chi connectivity index (χ1) is 13.9. The number of carbonyl (C=O) groups is 2. The average Bonchev–Trinajstić information content (AvgIpc) is 2.96. The normalized spacial score (nSPS) is 10.3. The van der Waals surface area contributed by atoms with Crippen molar-refractivity contribution in [2.45, 2.75) is 13.8 Å². The zero-order valence-electron chi connectivity index (χ0n) is 15.9. The van der Waals surface area contributed by atoms with Crippen LogP contribution in [0, 0.1) is 25.2 Å². The number of amides is 1. The molecule has 6 nitrogen and oxygen atoms in total. The molecule has 3 rings (SSSR count). The van der Waals surface area contributed by atoms with Crippen molar-refractivity contribution in [3.8, 4) is 11.8 Å². The van der Waals surface area contributed by atoms with Crippen molar-refractivity contribution in [2.75, 3.05) is 11.9 Å². The van der Waals surface area contributed by atoms with Gasteiger partial charge >= 0.3 is 5.97 Å². The van der Waals surface area contributed by atoms with Gasteiger partial charge in [-0.05, 0) is 59.6 Å². The number of para-hydroxylation sites is 1. The third kappa shape index (κ3) is 4.23. The molecule has 29 heavy (non-hydrogen) atoms. The first kappa shape index (κ1) is 20.4. The zero-order chi connectivity index (χ0) is 21.0. The van der Waals surface area contributed by atoms with Gasteiger partial charge in [0.2, 0.25) is 0 Å². The quantitative estimate of drug-likeness (QED) is 0.577. The molecule has 1 heterocycles. The monoisotopic (exact) mass is 451 g/mol. The first-order valence-electron chi connectivity index (χ1n) is 8.83. The van der Waals surface area contributed by atoms with E-state index in [1.165, 1.54) is 0 Å². The Labute approximate surface area is 176 Å². The van der Waals surface area contributed by atoms with E-state index in [0.717, 1.165) is 16.9 Å². The zero-order valence-corrected chi connectivity index (χ0v) is 17.5. The predicted molar refractivity (Wildman–Crippen MR) is 113 cm³/mol. The van der Waals surface area contributed by atoms with Crippen LogP contribution in [0.1, 0.15) is 27.2 Å². The van der Waals surface area contributed by atoms with Crippen LogP contribution in [0.15, 0.2) is 59.1 Å². The van der Waals surface area contributed by atoms with Gasteiger partial charge in [0.25, 0.3) is 5.91 Å². The highest BCUT2D eigenvalue weighted by molar-refractivity contribution is 9.10. The molecule has 1 N–H and O–H groups in total. The molecule has 1 amide bonds. The van der Waals surface area contributed by atoms with E-state index in [-0.39, 0.29) is 0 Å². The number of carbonyl (C=O) groups excluding carboxylic acids is 2. The lowest BCUT2D eigenvalue weighted by atomic mass is 10.2. The second kappa shape index (κ2) is 8.76. The molecule has 0 saturated heterocycles. The second-order valence-corrected chi connectivity index (χ2v) is 7.18. The van der Waals surface area contributed by atoms with E-state index >= 15 is 0 Å². The van der Waals surface area contributed by atoms with Crippen LogP contribution in [-0.2, 0) is 9.53 Å². The van der Waals surface area contributed by atoms with Gasteiger partial charge in [-0.2, -0.15) is 5.26 Å². The van der Waals surface area contributed by atoms with Crippen molar-refractivity contribution in [1.29, 1.82) is 5.26 Å². The molecular weight excluding hydrogens is 434 g/mol. The minimum absolute atomic E-state index is 0.331. The number of halogens is 1. The number of hydrogen-bond acceptors (Lipinski definition) is 4. The van der Waals surface area contributed by atoms with E-state index in [1.807, 2.05) is 44.2 Å². The fourth-order valence-electron chi connectivity index (χ4n) is 2.96. The summed E-state index contributed by atoms with van der Waals surface area (Å²) in [5.41, 5.74) is 3.13. The van der Waals surface area contributed by atoms with Gasteiger partial charge in [0, 0.05) is 15.9 Å². The Morgan fingerprint density at radius 2 is 1.76 bits per heavy atom. The third-order valence-electron chi connectivity index (χ3n) is 4.53. The molecule has 2 aromatic carbocycles. The summed E-state index contributed by atoms with van der Waals surface area (Å²) >= 11 is 3.28. The van der Waals surface area contributed by atoms with Gasteiger partial charge in [-0.3, -0.25) is 9.36 Å². The van der Waals surface area contributed by atoms with Crippen molar-refractivity contribution in [3.05, 3.63) is 81.5 Å². The third-order valence-corrected chi connectivity index (χ3v) is 5.22. The van der Waals surface area contributed by atoms with E-state index in [4.69, 9.17) is 4.74 Å². The molecule has 1 aromatic heterocycles. The van der Waals surface area contributed by atoms with Gasteiger partial charge in [-0.1, -0.05) is 30.3 Å². The Bertz CT molecular complexity index is 1110. The highest BCUT2D eigenvalue weighted by atomic mass is 79.9. The fraction of sp³-hybridized carbons (Fsp3) is 0.136. The van der Waals surface area contributed by atoms with E-state index in [1.54, 1.807) is 28.8 Å². The standard InChI is InChI=1S/C22H18BrN3O3/c1-14-15(2)26(16-8-4-3-5-9-16)21(18(14)12-24)25-20(27)13-29-22(28)17-10-6-7-11-19(17)23/h3-11H,13H2,1-2H3,(H,25,27). The maximum atomic E-state index is 12.5. The number of nitrogens with zero attached hydrogens (tertiary/aromatic N) is 2. The van der Waals surface area contributed by atoms with Gasteiger partial charge < -0.3 is 10.1 Å². The summed E-state index contributed by atoms with van der Waals surface area (Å²) in [5.74, 6) is -0.786. The van der Waals surface area contributed by atoms with Crippen LogP contribution in [0.4, 0.5) is 5.82 Å². The lowest BCUT2D eigenvalue weighted by Crippen LogP contribution is -2.23.